The number of urea groups is 1. The molecule has 19 heavy (non-hydrogen) atoms. The van der Waals surface area contributed by atoms with E-state index in [-0.39, 0.29) is 6.54 Å². The average molecular weight is 306 g/mol. The highest BCUT2D eigenvalue weighted by Gasteiger charge is 2.21. The molecule has 0 fully saturated rings. The van der Waals surface area contributed by atoms with Gasteiger partial charge in [-0.2, -0.15) is 0 Å². The van der Waals surface area contributed by atoms with Crippen molar-refractivity contribution in [2.45, 2.75) is 19.0 Å². The Labute approximate surface area is 117 Å². The number of carbonyl (C=O) groups excluding carboxylic acids is 2. The number of carboxylic acids is 1. The average Bonchev–Trinajstić information content (AvgIpc) is 2.71. The first-order valence-corrected chi connectivity index (χ1v) is 6.37. The number of nitrogens with one attached hydrogen (secondary N) is 2. The topological polar surface area (TPSA) is 122 Å². The summed E-state index contributed by atoms with van der Waals surface area (Å²) in [5, 5.41) is 13.4. The van der Waals surface area contributed by atoms with Gasteiger partial charge < -0.3 is 21.5 Å². The van der Waals surface area contributed by atoms with Gasteiger partial charge in [-0.15, -0.1) is 11.3 Å². The van der Waals surface area contributed by atoms with Gasteiger partial charge in [0.25, 0.3) is 0 Å². The first-order chi connectivity index (χ1) is 8.88. The summed E-state index contributed by atoms with van der Waals surface area (Å²) < 4.78 is 0.592. The van der Waals surface area contributed by atoms with Crippen molar-refractivity contribution >= 4 is 40.8 Å². The van der Waals surface area contributed by atoms with Crippen LogP contribution in [0.2, 0.25) is 4.34 Å². The smallest absolute Gasteiger partial charge is 0.326 e. The molecular weight excluding hydrogens is 294 g/mol. The molecule has 0 saturated carbocycles. The second kappa shape index (κ2) is 6.95. The van der Waals surface area contributed by atoms with Crippen LogP contribution in [0.1, 0.15) is 11.3 Å². The number of primary amides is 1. The van der Waals surface area contributed by atoms with E-state index in [0.29, 0.717) is 4.34 Å². The van der Waals surface area contributed by atoms with E-state index in [2.05, 4.69) is 10.6 Å². The molecule has 0 spiro atoms. The fourth-order valence-electron chi connectivity index (χ4n) is 1.22. The largest absolute Gasteiger partial charge is 0.480 e. The minimum atomic E-state index is -1.34. The minimum absolute atomic E-state index is 0.214. The molecule has 1 atom stereocenters. The van der Waals surface area contributed by atoms with Crippen molar-refractivity contribution in [3.63, 3.8) is 0 Å². The highest BCUT2D eigenvalue weighted by atomic mass is 35.5. The van der Waals surface area contributed by atoms with Crippen LogP contribution < -0.4 is 16.4 Å². The molecule has 0 saturated heterocycles. The van der Waals surface area contributed by atoms with Crippen LogP contribution in [0.25, 0.3) is 0 Å². The maximum Gasteiger partial charge on any atom is 0.326 e. The highest BCUT2D eigenvalue weighted by molar-refractivity contribution is 7.16. The molecule has 0 bridgehead atoms. The van der Waals surface area contributed by atoms with Crippen LogP contribution in [0.15, 0.2) is 12.1 Å². The summed E-state index contributed by atoms with van der Waals surface area (Å²) in [5.74, 6) is -2.13. The van der Waals surface area contributed by atoms with Gasteiger partial charge in [0.05, 0.1) is 17.3 Å². The summed E-state index contributed by atoms with van der Waals surface area (Å²) in [6.45, 7) is 0.214. The molecule has 5 N–H and O–H groups in total. The SMILES string of the molecule is NC(=O)C[C@@H](NC(=O)NCc1ccc(Cl)s1)C(=O)O. The van der Waals surface area contributed by atoms with Gasteiger partial charge in [-0.05, 0) is 12.1 Å². The van der Waals surface area contributed by atoms with Crippen LogP contribution in [0.5, 0.6) is 0 Å². The number of amides is 3. The van der Waals surface area contributed by atoms with Gasteiger partial charge in [-0.1, -0.05) is 11.6 Å². The third-order valence-electron chi connectivity index (χ3n) is 2.06. The number of carboxylic acid groups (broad SMARTS) is 1. The van der Waals surface area contributed by atoms with E-state index in [1.54, 1.807) is 12.1 Å². The lowest BCUT2D eigenvalue weighted by molar-refractivity contribution is -0.140. The Morgan fingerprint density at radius 3 is 2.58 bits per heavy atom. The molecule has 0 unspecified atom stereocenters. The zero-order valence-electron chi connectivity index (χ0n) is 9.68. The molecule has 1 aromatic rings. The van der Waals surface area contributed by atoms with E-state index >= 15 is 0 Å². The zero-order valence-corrected chi connectivity index (χ0v) is 11.3. The molecule has 0 radical (unpaired) electrons. The zero-order chi connectivity index (χ0) is 14.4. The van der Waals surface area contributed by atoms with Crippen LogP contribution in [0, 0.1) is 0 Å². The summed E-state index contributed by atoms with van der Waals surface area (Å²) >= 11 is 7.02. The first-order valence-electron chi connectivity index (χ1n) is 5.18. The summed E-state index contributed by atoms with van der Waals surface area (Å²) in [6.07, 6.45) is -0.465. The van der Waals surface area contributed by atoms with E-state index < -0.39 is 30.4 Å². The molecule has 1 aromatic heterocycles. The lowest BCUT2D eigenvalue weighted by Crippen LogP contribution is -2.47. The van der Waals surface area contributed by atoms with Crippen LogP contribution in [0.3, 0.4) is 0 Å². The molecule has 0 aliphatic rings. The molecular formula is C10H12ClN3O4S. The summed E-state index contributed by atoms with van der Waals surface area (Å²) in [4.78, 5) is 33.7. The summed E-state index contributed by atoms with van der Waals surface area (Å²) in [5.41, 5.74) is 4.89. The van der Waals surface area contributed by atoms with E-state index in [4.69, 9.17) is 22.4 Å². The number of carbonyl (C=O) groups is 3. The molecule has 0 aliphatic heterocycles. The quantitative estimate of drug-likeness (QED) is 0.612. The molecule has 9 heteroatoms. The third-order valence-corrected chi connectivity index (χ3v) is 3.29. The Bertz CT molecular complexity index is 491. The van der Waals surface area contributed by atoms with Crippen molar-refractivity contribution in [1.29, 1.82) is 0 Å². The van der Waals surface area contributed by atoms with Crippen molar-refractivity contribution in [3.05, 3.63) is 21.3 Å². The Kier molecular flexibility index (Phi) is 5.58. The maximum absolute atomic E-state index is 11.5. The first kappa shape index (κ1) is 15.3. The monoisotopic (exact) mass is 305 g/mol. The Balaban J connectivity index is 2.44. The lowest BCUT2D eigenvalue weighted by Gasteiger charge is -2.13. The second-order valence-electron chi connectivity index (χ2n) is 3.59. The molecule has 1 rings (SSSR count). The van der Waals surface area contributed by atoms with Gasteiger partial charge in [0, 0.05) is 4.88 Å². The minimum Gasteiger partial charge on any atom is -0.480 e. The van der Waals surface area contributed by atoms with Crippen molar-refractivity contribution in [1.82, 2.24) is 10.6 Å². The van der Waals surface area contributed by atoms with Crippen molar-refractivity contribution in [2.24, 2.45) is 5.73 Å². The van der Waals surface area contributed by atoms with E-state index in [0.717, 1.165) is 4.88 Å². The van der Waals surface area contributed by atoms with E-state index in [1.807, 2.05) is 0 Å². The van der Waals surface area contributed by atoms with Crippen LogP contribution in [-0.2, 0) is 16.1 Å². The highest BCUT2D eigenvalue weighted by Crippen LogP contribution is 2.20. The number of aliphatic carboxylic acids is 1. The Morgan fingerprint density at radius 2 is 2.11 bits per heavy atom. The number of hydrogen-bond acceptors (Lipinski definition) is 4. The fraction of sp³-hybridized carbons (Fsp3) is 0.300. The van der Waals surface area contributed by atoms with Gasteiger partial charge in [-0.3, -0.25) is 4.79 Å². The Hall–Kier alpha value is -1.80. The van der Waals surface area contributed by atoms with Gasteiger partial charge in [-0.25, -0.2) is 9.59 Å². The molecule has 0 aliphatic carbocycles. The van der Waals surface area contributed by atoms with Gasteiger partial charge in [0.1, 0.15) is 6.04 Å². The predicted octanol–water partition coefficient (Wildman–Crippen LogP) is 0.529. The molecule has 3 amide bonds. The number of hydrogen-bond donors (Lipinski definition) is 4. The van der Waals surface area contributed by atoms with Gasteiger partial charge >= 0.3 is 12.0 Å². The Morgan fingerprint density at radius 1 is 1.42 bits per heavy atom. The summed E-state index contributed by atoms with van der Waals surface area (Å²) in [6, 6.07) is 1.39. The van der Waals surface area contributed by atoms with E-state index in [1.165, 1.54) is 11.3 Å². The molecule has 104 valence electrons. The molecule has 1 heterocycles. The normalized spacial score (nSPS) is 11.6. The standard InChI is InChI=1S/C10H12ClN3O4S/c11-7-2-1-5(19-7)4-13-10(18)14-6(9(16)17)3-8(12)15/h1-2,6H,3-4H2,(H2,12,15)(H,16,17)(H2,13,14,18)/t6-/m1/s1. The third kappa shape index (κ3) is 5.58. The van der Waals surface area contributed by atoms with E-state index in [9.17, 15) is 14.4 Å². The predicted molar refractivity (Wildman–Crippen MR) is 69.9 cm³/mol. The maximum atomic E-state index is 11.5. The van der Waals surface area contributed by atoms with Crippen LogP contribution in [0.4, 0.5) is 4.79 Å². The number of halogens is 1. The van der Waals surface area contributed by atoms with Crippen molar-refractivity contribution in [2.75, 3.05) is 0 Å². The summed E-state index contributed by atoms with van der Waals surface area (Å²) in [7, 11) is 0. The number of nitrogens with two attached hydrogens (primary N) is 1. The second-order valence-corrected chi connectivity index (χ2v) is 5.39. The fourth-order valence-corrected chi connectivity index (χ4v) is 2.25. The van der Waals surface area contributed by atoms with Gasteiger partial charge in [0.2, 0.25) is 5.91 Å². The number of thiophene rings is 1. The van der Waals surface area contributed by atoms with Crippen molar-refractivity contribution in [3.8, 4) is 0 Å². The van der Waals surface area contributed by atoms with Gasteiger partial charge in [0.15, 0.2) is 0 Å². The van der Waals surface area contributed by atoms with Crippen LogP contribution in [-0.4, -0.2) is 29.1 Å². The van der Waals surface area contributed by atoms with Crippen molar-refractivity contribution < 1.29 is 19.5 Å². The molecule has 0 aromatic carbocycles. The van der Waals surface area contributed by atoms with Crippen LogP contribution >= 0.6 is 22.9 Å². The number of rotatable bonds is 6. The lowest BCUT2D eigenvalue weighted by atomic mass is 10.2. The molecule has 7 nitrogen and oxygen atoms in total.